The summed E-state index contributed by atoms with van der Waals surface area (Å²) in [5, 5.41) is 10.9. The van der Waals surface area contributed by atoms with Gasteiger partial charge in [0.1, 0.15) is 5.25 Å². The number of imidazole rings is 1. The molecule has 9 heteroatoms. The van der Waals surface area contributed by atoms with Crippen molar-refractivity contribution in [1.82, 2.24) is 29.8 Å². The van der Waals surface area contributed by atoms with Gasteiger partial charge in [0.25, 0.3) is 0 Å². The lowest BCUT2D eigenvalue weighted by Gasteiger charge is -2.13. The SMILES string of the molecule is CC(c1nnnn1C1CC1)S(=O)(=O)c1ncc2n1CCC2. The van der Waals surface area contributed by atoms with E-state index >= 15 is 0 Å². The van der Waals surface area contributed by atoms with E-state index in [4.69, 9.17) is 0 Å². The Bertz CT molecular complexity index is 789. The maximum absolute atomic E-state index is 12.9. The zero-order valence-corrected chi connectivity index (χ0v) is 12.5. The van der Waals surface area contributed by atoms with Crippen LogP contribution in [0.15, 0.2) is 11.4 Å². The molecule has 0 saturated heterocycles. The fourth-order valence-corrected chi connectivity index (χ4v) is 4.28. The van der Waals surface area contributed by atoms with Gasteiger partial charge in [-0.25, -0.2) is 18.1 Å². The second-order valence-corrected chi connectivity index (χ2v) is 7.85. The van der Waals surface area contributed by atoms with Crippen LogP contribution in [-0.2, 0) is 22.8 Å². The Kier molecular flexibility index (Phi) is 2.69. The topological polar surface area (TPSA) is 95.6 Å². The summed E-state index contributed by atoms with van der Waals surface area (Å²) in [6.07, 6.45) is 5.52. The Hall–Kier alpha value is -1.77. The van der Waals surface area contributed by atoms with E-state index in [-0.39, 0.29) is 11.2 Å². The molecule has 1 unspecified atom stereocenters. The Morgan fingerprint density at radius 2 is 2.19 bits per heavy atom. The minimum atomic E-state index is -3.58. The number of rotatable bonds is 4. The largest absolute Gasteiger partial charge is 0.319 e. The Morgan fingerprint density at radius 1 is 1.38 bits per heavy atom. The molecule has 112 valence electrons. The molecule has 21 heavy (non-hydrogen) atoms. The summed E-state index contributed by atoms with van der Waals surface area (Å²) in [6, 6.07) is 0.249. The van der Waals surface area contributed by atoms with Gasteiger partial charge in [-0.05, 0) is 43.0 Å². The molecule has 1 aliphatic carbocycles. The summed E-state index contributed by atoms with van der Waals surface area (Å²) in [5.74, 6) is 0.410. The van der Waals surface area contributed by atoms with E-state index in [0.717, 1.165) is 31.4 Å². The molecule has 2 aromatic heterocycles. The fourth-order valence-electron chi connectivity index (χ4n) is 2.82. The van der Waals surface area contributed by atoms with Crippen LogP contribution in [0.25, 0.3) is 0 Å². The first-order chi connectivity index (χ1) is 10.1. The van der Waals surface area contributed by atoms with Crippen LogP contribution in [0.1, 0.15) is 49.0 Å². The maximum atomic E-state index is 12.9. The lowest BCUT2D eigenvalue weighted by Crippen LogP contribution is -2.19. The average Bonchev–Trinajstić information content (AvgIpc) is 2.91. The molecule has 0 N–H and O–H groups in total. The van der Waals surface area contributed by atoms with Gasteiger partial charge in [-0.2, -0.15) is 0 Å². The monoisotopic (exact) mass is 308 g/mol. The van der Waals surface area contributed by atoms with E-state index in [1.165, 1.54) is 0 Å². The fraction of sp³-hybridized carbons (Fsp3) is 0.667. The van der Waals surface area contributed by atoms with Gasteiger partial charge < -0.3 is 4.57 Å². The van der Waals surface area contributed by atoms with E-state index in [9.17, 15) is 8.42 Å². The number of sulfone groups is 1. The van der Waals surface area contributed by atoms with Crippen LogP contribution in [0.2, 0.25) is 0 Å². The smallest absolute Gasteiger partial charge is 0.228 e. The van der Waals surface area contributed by atoms with Gasteiger partial charge in [-0.3, -0.25) is 0 Å². The molecule has 0 radical (unpaired) electrons. The van der Waals surface area contributed by atoms with E-state index in [1.54, 1.807) is 22.4 Å². The molecule has 0 spiro atoms. The Balaban J connectivity index is 1.75. The number of tetrazole rings is 1. The highest BCUT2D eigenvalue weighted by molar-refractivity contribution is 7.91. The van der Waals surface area contributed by atoms with Gasteiger partial charge >= 0.3 is 0 Å². The third-order valence-corrected chi connectivity index (χ3v) is 6.19. The molecular weight excluding hydrogens is 292 g/mol. The van der Waals surface area contributed by atoms with Crippen molar-refractivity contribution >= 4 is 9.84 Å². The third-order valence-electron chi connectivity index (χ3n) is 4.21. The predicted molar refractivity (Wildman–Crippen MR) is 72.2 cm³/mol. The first kappa shape index (κ1) is 12.9. The van der Waals surface area contributed by atoms with Crippen LogP contribution < -0.4 is 0 Å². The average molecular weight is 308 g/mol. The van der Waals surface area contributed by atoms with Crippen molar-refractivity contribution in [3.8, 4) is 0 Å². The summed E-state index contributed by atoms with van der Waals surface area (Å²) in [6.45, 7) is 2.35. The van der Waals surface area contributed by atoms with Crippen LogP contribution in [0.4, 0.5) is 0 Å². The highest BCUT2D eigenvalue weighted by Gasteiger charge is 2.37. The summed E-state index contributed by atoms with van der Waals surface area (Å²) in [7, 11) is -3.58. The zero-order chi connectivity index (χ0) is 14.6. The van der Waals surface area contributed by atoms with Gasteiger partial charge in [0.15, 0.2) is 5.82 Å². The van der Waals surface area contributed by atoms with Gasteiger partial charge in [-0.1, -0.05) is 0 Å². The standard InChI is InChI=1S/C12H16N6O2S/c1-8(11-14-15-16-18(11)9-4-5-9)21(19,20)12-13-7-10-3-2-6-17(10)12/h7-9H,2-6H2,1H3. The lowest BCUT2D eigenvalue weighted by atomic mass is 10.3. The molecule has 8 nitrogen and oxygen atoms in total. The Morgan fingerprint density at radius 3 is 2.95 bits per heavy atom. The second kappa shape index (κ2) is 4.36. The molecule has 3 heterocycles. The number of aryl methyl sites for hydroxylation is 1. The molecule has 4 rings (SSSR count). The van der Waals surface area contributed by atoms with Crippen LogP contribution in [0, 0.1) is 0 Å². The molecule has 1 aliphatic heterocycles. The minimum absolute atomic E-state index is 0.146. The van der Waals surface area contributed by atoms with Gasteiger partial charge in [0.05, 0.1) is 6.04 Å². The molecule has 1 fully saturated rings. The van der Waals surface area contributed by atoms with Crippen LogP contribution in [-0.4, -0.2) is 38.2 Å². The molecule has 0 amide bonds. The molecule has 2 aromatic rings. The summed E-state index contributed by atoms with van der Waals surface area (Å²) < 4.78 is 29.2. The molecule has 0 bridgehead atoms. The molecule has 0 aromatic carbocycles. The van der Waals surface area contributed by atoms with Crippen LogP contribution in [0.5, 0.6) is 0 Å². The van der Waals surface area contributed by atoms with Gasteiger partial charge in [0, 0.05) is 18.4 Å². The first-order valence-electron chi connectivity index (χ1n) is 7.15. The van der Waals surface area contributed by atoms with E-state index < -0.39 is 15.1 Å². The van der Waals surface area contributed by atoms with E-state index in [2.05, 4.69) is 20.5 Å². The summed E-state index contributed by atoms with van der Waals surface area (Å²) in [5.41, 5.74) is 0.988. The van der Waals surface area contributed by atoms with E-state index in [1.807, 2.05) is 0 Å². The maximum Gasteiger partial charge on any atom is 0.228 e. The van der Waals surface area contributed by atoms with Crippen molar-refractivity contribution in [2.45, 2.75) is 55.6 Å². The van der Waals surface area contributed by atoms with Gasteiger partial charge in [0.2, 0.25) is 15.0 Å². The Labute approximate surface area is 122 Å². The summed E-state index contributed by atoms with van der Waals surface area (Å²) >= 11 is 0. The molecule has 1 atom stereocenters. The number of nitrogens with zero attached hydrogens (tertiary/aromatic N) is 6. The predicted octanol–water partition coefficient (Wildman–Crippen LogP) is 0.686. The zero-order valence-electron chi connectivity index (χ0n) is 11.7. The van der Waals surface area contributed by atoms with Crippen molar-refractivity contribution in [3.63, 3.8) is 0 Å². The van der Waals surface area contributed by atoms with Crippen molar-refractivity contribution < 1.29 is 8.42 Å². The van der Waals surface area contributed by atoms with Crippen molar-refractivity contribution in [3.05, 3.63) is 17.7 Å². The highest BCUT2D eigenvalue weighted by Crippen LogP contribution is 2.37. The number of aromatic nitrogens is 6. The van der Waals surface area contributed by atoms with Crippen molar-refractivity contribution in [2.75, 3.05) is 0 Å². The van der Waals surface area contributed by atoms with Crippen molar-refractivity contribution in [1.29, 1.82) is 0 Å². The minimum Gasteiger partial charge on any atom is -0.319 e. The lowest BCUT2D eigenvalue weighted by molar-refractivity contribution is 0.541. The molecule has 1 saturated carbocycles. The van der Waals surface area contributed by atoms with Crippen molar-refractivity contribution in [2.24, 2.45) is 0 Å². The second-order valence-electron chi connectivity index (χ2n) is 5.69. The summed E-state index contributed by atoms with van der Waals surface area (Å²) in [4.78, 5) is 4.13. The molecule has 2 aliphatic rings. The molecular formula is C12H16N6O2S. The van der Waals surface area contributed by atoms with Crippen LogP contribution >= 0.6 is 0 Å². The number of hydrogen-bond donors (Lipinski definition) is 0. The van der Waals surface area contributed by atoms with Crippen LogP contribution in [0.3, 0.4) is 0 Å². The van der Waals surface area contributed by atoms with Gasteiger partial charge in [-0.15, -0.1) is 5.10 Å². The normalized spacial score (nSPS) is 19.7. The highest BCUT2D eigenvalue weighted by atomic mass is 32.2. The first-order valence-corrected chi connectivity index (χ1v) is 8.69. The van der Waals surface area contributed by atoms with E-state index in [0.29, 0.717) is 12.4 Å². The number of fused-ring (bicyclic) bond motifs is 1. The third kappa shape index (κ3) is 1.90. The quantitative estimate of drug-likeness (QED) is 0.824. The number of hydrogen-bond acceptors (Lipinski definition) is 6.